The molecular formula is C32H25ClO8. The van der Waals surface area contributed by atoms with Crippen LogP contribution in [-0.4, -0.2) is 46.2 Å². The Kier molecular flexibility index (Phi) is 5.94. The van der Waals surface area contributed by atoms with Crippen LogP contribution in [0.2, 0.25) is 5.02 Å². The molecule has 0 saturated carbocycles. The van der Waals surface area contributed by atoms with Gasteiger partial charge in [0, 0.05) is 24.0 Å². The summed E-state index contributed by atoms with van der Waals surface area (Å²) < 4.78 is 11.2. The van der Waals surface area contributed by atoms with Crippen LogP contribution < -0.4 is 9.47 Å². The second-order valence-corrected chi connectivity index (χ2v) is 10.8. The molecule has 4 aromatic carbocycles. The molecule has 0 spiro atoms. The summed E-state index contributed by atoms with van der Waals surface area (Å²) >= 11 is 6.74. The number of aromatic hydroxyl groups is 4. The van der Waals surface area contributed by atoms with Gasteiger partial charge in [0.15, 0.2) is 0 Å². The van der Waals surface area contributed by atoms with Gasteiger partial charge in [-0.2, -0.15) is 0 Å². The van der Waals surface area contributed by atoms with Gasteiger partial charge in [0.2, 0.25) is 11.6 Å². The second-order valence-electron chi connectivity index (χ2n) is 10.4. The Morgan fingerprint density at radius 1 is 0.610 bits per heavy atom. The number of phenols is 4. The third kappa shape index (κ3) is 3.67. The number of carbonyl (C=O) groups is 2. The van der Waals surface area contributed by atoms with Crippen LogP contribution in [-0.2, 0) is 0 Å². The average Bonchev–Trinajstić information content (AvgIpc) is 2.90. The minimum Gasteiger partial charge on any atom is -0.508 e. The zero-order chi connectivity index (χ0) is 29.5. The van der Waals surface area contributed by atoms with Gasteiger partial charge >= 0.3 is 0 Å². The fourth-order valence-electron chi connectivity index (χ4n) is 6.44. The Bertz CT molecular complexity index is 1840. The van der Waals surface area contributed by atoms with Crippen LogP contribution >= 0.6 is 11.6 Å². The molecule has 0 fully saturated rings. The van der Waals surface area contributed by atoms with Crippen molar-refractivity contribution in [1.29, 1.82) is 0 Å². The van der Waals surface area contributed by atoms with E-state index in [1.54, 1.807) is 18.2 Å². The molecule has 6 rings (SSSR count). The number of phenolic OH excluding ortho intramolecular Hbond substituents is 4. The van der Waals surface area contributed by atoms with E-state index in [-0.39, 0.29) is 55.7 Å². The van der Waals surface area contributed by atoms with Crippen LogP contribution in [0, 0.1) is 13.8 Å². The van der Waals surface area contributed by atoms with Crippen molar-refractivity contribution in [2.24, 2.45) is 0 Å². The first kappa shape index (κ1) is 26.5. The number of halogens is 1. The van der Waals surface area contributed by atoms with Gasteiger partial charge in [-0.05, 0) is 65.4 Å². The largest absolute Gasteiger partial charge is 0.508 e. The molecule has 0 aromatic heterocycles. The minimum atomic E-state index is -0.893. The van der Waals surface area contributed by atoms with Crippen molar-refractivity contribution >= 4 is 23.2 Å². The predicted octanol–water partition coefficient (Wildman–Crippen LogP) is 5.85. The molecule has 0 saturated heterocycles. The zero-order valence-corrected chi connectivity index (χ0v) is 23.3. The van der Waals surface area contributed by atoms with Gasteiger partial charge in [-0.25, -0.2) is 0 Å². The molecule has 0 heterocycles. The highest BCUT2D eigenvalue weighted by molar-refractivity contribution is 6.34. The number of fused-ring (bicyclic) bond motifs is 4. The van der Waals surface area contributed by atoms with E-state index in [0.717, 1.165) is 23.3 Å². The van der Waals surface area contributed by atoms with Gasteiger partial charge in [-0.3, -0.25) is 9.59 Å². The Morgan fingerprint density at radius 3 is 1.66 bits per heavy atom. The van der Waals surface area contributed by atoms with Crippen molar-refractivity contribution in [2.75, 3.05) is 14.2 Å². The molecule has 8 nitrogen and oxygen atoms in total. The summed E-state index contributed by atoms with van der Waals surface area (Å²) in [5.74, 6) is -3.84. The smallest absolute Gasteiger partial charge is 0.201 e. The SMILES string of the molecule is COc1cc(C)cc2c1C(=O)c1c(O)cc(O)cc1[C@@H]2[C@H]1c2cc(C)cc(OC)c2C(=O)c2c(O)cc(O)c(Cl)c21. The van der Waals surface area contributed by atoms with Crippen LogP contribution in [0.3, 0.4) is 0 Å². The van der Waals surface area contributed by atoms with Gasteiger partial charge in [-0.1, -0.05) is 23.7 Å². The Morgan fingerprint density at radius 2 is 1.10 bits per heavy atom. The fraction of sp³-hybridized carbons (Fsp3) is 0.188. The van der Waals surface area contributed by atoms with E-state index >= 15 is 0 Å². The van der Waals surface area contributed by atoms with E-state index in [0.29, 0.717) is 11.1 Å². The third-order valence-electron chi connectivity index (χ3n) is 7.94. The van der Waals surface area contributed by atoms with Crippen LogP contribution in [0.15, 0.2) is 42.5 Å². The van der Waals surface area contributed by atoms with E-state index in [2.05, 4.69) is 0 Å². The van der Waals surface area contributed by atoms with Crippen LogP contribution in [0.5, 0.6) is 34.5 Å². The summed E-state index contributed by atoms with van der Waals surface area (Å²) in [5.41, 5.74) is 3.18. The van der Waals surface area contributed by atoms with E-state index in [4.69, 9.17) is 21.1 Å². The predicted molar refractivity (Wildman–Crippen MR) is 151 cm³/mol. The number of hydrogen-bond donors (Lipinski definition) is 4. The molecule has 2 aliphatic rings. The quantitative estimate of drug-likeness (QED) is 0.240. The third-order valence-corrected chi connectivity index (χ3v) is 8.34. The number of aryl methyl sites for hydroxylation is 2. The van der Waals surface area contributed by atoms with E-state index in [9.17, 15) is 30.0 Å². The zero-order valence-electron chi connectivity index (χ0n) is 22.5. The molecule has 0 unspecified atom stereocenters. The molecule has 4 N–H and O–H groups in total. The topological polar surface area (TPSA) is 134 Å². The number of ether oxygens (including phenoxy) is 2. The maximum absolute atomic E-state index is 14.0. The van der Waals surface area contributed by atoms with Gasteiger partial charge in [0.05, 0.1) is 41.5 Å². The number of ketones is 2. The lowest BCUT2D eigenvalue weighted by atomic mass is 9.63. The molecule has 208 valence electrons. The summed E-state index contributed by atoms with van der Waals surface area (Å²) in [6.07, 6.45) is 0. The molecular weight excluding hydrogens is 548 g/mol. The first-order valence-corrected chi connectivity index (χ1v) is 13.1. The summed E-state index contributed by atoms with van der Waals surface area (Å²) in [6, 6.07) is 10.5. The lowest BCUT2D eigenvalue weighted by Crippen LogP contribution is -2.30. The molecule has 2 atom stereocenters. The number of carbonyl (C=O) groups excluding carboxylic acids is 2. The monoisotopic (exact) mass is 572 g/mol. The molecule has 4 aromatic rings. The van der Waals surface area contributed by atoms with Crippen molar-refractivity contribution in [3.05, 3.63) is 103 Å². The summed E-state index contributed by atoms with van der Waals surface area (Å²) in [5, 5.41) is 43.2. The van der Waals surface area contributed by atoms with E-state index in [1.165, 1.54) is 20.3 Å². The minimum absolute atomic E-state index is 0.0393. The van der Waals surface area contributed by atoms with Crippen molar-refractivity contribution in [3.63, 3.8) is 0 Å². The Labute approximate surface area is 240 Å². The Balaban J connectivity index is 1.83. The number of methoxy groups -OCH3 is 2. The maximum atomic E-state index is 14.0. The van der Waals surface area contributed by atoms with Crippen molar-refractivity contribution in [2.45, 2.75) is 25.7 Å². The molecule has 0 amide bonds. The highest BCUT2D eigenvalue weighted by Crippen LogP contribution is 2.58. The number of hydrogen-bond acceptors (Lipinski definition) is 8. The van der Waals surface area contributed by atoms with Crippen molar-refractivity contribution in [3.8, 4) is 34.5 Å². The first-order chi connectivity index (χ1) is 19.5. The summed E-state index contributed by atoms with van der Waals surface area (Å²) in [4.78, 5) is 27.9. The molecule has 0 radical (unpaired) electrons. The van der Waals surface area contributed by atoms with Gasteiger partial charge < -0.3 is 29.9 Å². The molecule has 0 bridgehead atoms. The van der Waals surface area contributed by atoms with Crippen molar-refractivity contribution < 1.29 is 39.5 Å². The normalized spacial score (nSPS) is 16.9. The maximum Gasteiger partial charge on any atom is 0.201 e. The highest BCUT2D eigenvalue weighted by Gasteiger charge is 2.47. The lowest BCUT2D eigenvalue weighted by Gasteiger charge is -2.39. The average molecular weight is 573 g/mol. The first-order valence-electron chi connectivity index (χ1n) is 12.7. The van der Waals surface area contributed by atoms with Gasteiger partial charge in [-0.15, -0.1) is 0 Å². The van der Waals surface area contributed by atoms with Crippen LogP contribution in [0.4, 0.5) is 0 Å². The lowest BCUT2D eigenvalue weighted by molar-refractivity contribution is 0.101. The van der Waals surface area contributed by atoms with E-state index in [1.807, 2.05) is 19.9 Å². The second kappa shape index (κ2) is 9.17. The van der Waals surface area contributed by atoms with Crippen LogP contribution in [0.1, 0.15) is 77.1 Å². The molecule has 0 aliphatic heterocycles. The highest BCUT2D eigenvalue weighted by atomic mass is 35.5. The number of rotatable bonds is 3. The van der Waals surface area contributed by atoms with Gasteiger partial charge in [0.25, 0.3) is 0 Å². The number of benzene rings is 4. The summed E-state index contributed by atoms with van der Waals surface area (Å²) in [6.45, 7) is 3.67. The fourth-order valence-corrected chi connectivity index (χ4v) is 6.71. The van der Waals surface area contributed by atoms with Gasteiger partial charge in [0.1, 0.15) is 34.5 Å². The molecule has 41 heavy (non-hydrogen) atoms. The summed E-state index contributed by atoms with van der Waals surface area (Å²) in [7, 11) is 2.87. The molecule has 9 heteroatoms. The van der Waals surface area contributed by atoms with E-state index < -0.39 is 40.7 Å². The molecule has 2 aliphatic carbocycles. The van der Waals surface area contributed by atoms with Crippen LogP contribution in [0.25, 0.3) is 0 Å². The Hall–Kier alpha value is -4.69. The standard InChI is InChI=1S/C32H25ClO8/c1-12-5-15-23(17-9-14(34)10-18(35)24(17)31(38)25(15)21(7-12)40-3)27-16-6-13(2)8-22(41-4)26(16)32(39)28-19(36)11-20(37)30(33)29(27)28/h5-11,23,27,34-37H,1-4H3/t23-,27-/m1/s1. The van der Waals surface area contributed by atoms with Crippen molar-refractivity contribution in [1.82, 2.24) is 0 Å².